The van der Waals surface area contributed by atoms with Crippen molar-refractivity contribution >= 4 is 41.0 Å². The zero-order valence-corrected chi connectivity index (χ0v) is 18.7. The SMILES string of the molecule is CSC1=CCC(C)C=N1.N=CN(C(=O)c1ccc2ccccc2c1)[C@H]1CCOC[C@@H]1O.[HH]. The van der Waals surface area contributed by atoms with Gasteiger partial charge in [-0.15, -0.1) is 11.8 Å². The molecule has 1 saturated heterocycles. The van der Waals surface area contributed by atoms with Gasteiger partial charge in [0.1, 0.15) is 0 Å². The Morgan fingerprint density at radius 1 is 1.32 bits per heavy atom. The first-order valence-electron chi connectivity index (χ1n) is 10.4. The Morgan fingerprint density at radius 3 is 2.74 bits per heavy atom. The molecule has 2 aromatic rings. The van der Waals surface area contributed by atoms with E-state index < -0.39 is 12.1 Å². The number of nitrogens with one attached hydrogen (secondary N) is 1. The van der Waals surface area contributed by atoms with Gasteiger partial charge in [0.25, 0.3) is 5.91 Å². The van der Waals surface area contributed by atoms with E-state index in [0.717, 1.165) is 28.6 Å². The molecule has 1 amide bonds. The van der Waals surface area contributed by atoms with Crippen LogP contribution in [-0.4, -0.2) is 60.1 Å². The van der Waals surface area contributed by atoms with E-state index in [1.807, 2.05) is 42.6 Å². The molecule has 2 N–H and O–H groups in total. The smallest absolute Gasteiger partial charge is 0.259 e. The Hall–Kier alpha value is -2.48. The number of allylic oxidation sites excluding steroid dienone is 1. The molecule has 0 saturated carbocycles. The molecule has 7 heteroatoms. The molecule has 2 heterocycles. The number of benzene rings is 2. The van der Waals surface area contributed by atoms with Crippen molar-refractivity contribution in [2.45, 2.75) is 31.9 Å². The minimum Gasteiger partial charge on any atom is -0.389 e. The van der Waals surface area contributed by atoms with E-state index >= 15 is 0 Å². The number of aliphatic hydroxyl groups excluding tert-OH is 1. The van der Waals surface area contributed by atoms with Crippen LogP contribution in [0.3, 0.4) is 0 Å². The second-order valence-corrected chi connectivity index (χ2v) is 8.47. The summed E-state index contributed by atoms with van der Waals surface area (Å²) in [6.45, 7) is 2.86. The second kappa shape index (κ2) is 11.2. The van der Waals surface area contributed by atoms with Crippen molar-refractivity contribution in [2.24, 2.45) is 10.9 Å². The van der Waals surface area contributed by atoms with Crippen LogP contribution in [0.4, 0.5) is 0 Å². The van der Waals surface area contributed by atoms with Crippen molar-refractivity contribution in [1.29, 1.82) is 5.41 Å². The normalized spacial score (nSPS) is 22.8. The minimum absolute atomic E-state index is 0. The van der Waals surface area contributed by atoms with Crippen LogP contribution >= 0.6 is 11.8 Å². The number of rotatable bonds is 4. The van der Waals surface area contributed by atoms with Crippen molar-refractivity contribution in [2.75, 3.05) is 19.5 Å². The van der Waals surface area contributed by atoms with E-state index in [2.05, 4.69) is 24.2 Å². The van der Waals surface area contributed by atoms with Crippen molar-refractivity contribution in [3.8, 4) is 0 Å². The van der Waals surface area contributed by atoms with Gasteiger partial charge < -0.3 is 9.84 Å². The fraction of sp³-hybridized carbons (Fsp3) is 0.375. The highest BCUT2D eigenvalue weighted by atomic mass is 32.2. The predicted octanol–water partition coefficient (Wildman–Crippen LogP) is 4.59. The van der Waals surface area contributed by atoms with E-state index in [9.17, 15) is 9.90 Å². The third-order valence-electron chi connectivity index (χ3n) is 5.35. The average Bonchev–Trinajstić information content (AvgIpc) is 2.81. The van der Waals surface area contributed by atoms with Crippen molar-refractivity contribution in [3.63, 3.8) is 0 Å². The summed E-state index contributed by atoms with van der Waals surface area (Å²) in [5.41, 5.74) is 0.515. The lowest BCUT2D eigenvalue weighted by Crippen LogP contribution is -2.50. The fourth-order valence-electron chi connectivity index (χ4n) is 3.55. The van der Waals surface area contributed by atoms with Crippen LogP contribution in [0, 0.1) is 11.3 Å². The summed E-state index contributed by atoms with van der Waals surface area (Å²) in [7, 11) is 0. The Morgan fingerprint density at radius 2 is 2.10 bits per heavy atom. The van der Waals surface area contributed by atoms with Crippen molar-refractivity contribution in [3.05, 3.63) is 59.1 Å². The van der Waals surface area contributed by atoms with Gasteiger partial charge in [-0.3, -0.25) is 20.1 Å². The summed E-state index contributed by atoms with van der Waals surface area (Å²) < 4.78 is 5.19. The molecule has 2 aliphatic heterocycles. The van der Waals surface area contributed by atoms with Crippen molar-refractivity contribution < 1.29 is 16.1 Å². The molecule has 2 aliphatic rings. The summed E-state index contributed by atoms with van der Waals surface area (Å²) >= 11 is 1.71. The lowest BCUT2D eigenvalue weighted by molar-refractivity contribution is -0.0439. The van der Waals surface area contributed by atoms with E-state index in [4.69, 9.17) is 10.1 Å². The molecule has 0 bridgehead atoms. The Balaban J connectivity index is 0.000000307. The largest absolute Gasteiger partial charge is 0.389 e. The van der Waals surface area contributed by atoms with Gasteiger partial charge in [0.15, 0.2) is 0 Å². The highest BCUT2D eigenvalue weighted by Gasteiger charge is 2.32. The van der Waals surface area contributed by atoms with Gasteiger partial charge in [0.05, 0.1) is 30.1 Å². The third-order valence-corrected chi connectivity index (χ3v) is 6.04. The van der Waals surface area contributed by atoms with Crippen LogP contribution in [0.5, 0.6) is 0 Å². The standard InChI is InChI=1S/C17H18N2O3.C7H11NS.H2/c18-11-19(15-7-8-22-10-16(15)20)17(21)14-6-5-12-3-1-2-4-13(12)9-14;1-6-3-4-7(9-2)8-5-6;/h1-6,9,11,15-16,18,20H,7-8,10H2;4-6H,3H2,1-2H3;1H/t15-,16-;;/m0../s1. The molecule has 166 valence electrons. The Labute approximate surface area is 189 Å². The average molecular weight is 442 g/mol. The molecule has 1 fully saturated rings. The zero-order valence-electron chi connectivity index (χ0n) is 17.9. The van der Waals surface area contributed by atoms with Crippen LogP contribution in [0.25, 0.3) is 10.8 Å². The van der Waals surface area contributed by atoms with Gasteiger partial charge in [0, 0.05) is 19.8 Å². The van der Waals surface area contributed by atoms with E-state index in [-0.39, 0.29) is 13.9 Å². The van der Waals surface area contributed by atoms with Crippen LogP contribution in [0.2, 0.25) is 0 Å². The molecule has 4 rings (SSSR count). The predicted molar refractivity (Wildman–Crippen MR) is 130 cm³/mol. The lowest BCUT2D eigenvalue weighted by Gasteiger charge is -2.34. The molecular weight excluding hydrogens is 410 g/mol. The van der Waals surface area contributed by atoms with E-state index in [1.165, 1.54) is 4.90 Å². The lowest BCUT2D eigenvalue weighted by atomic mass is 10.0. The van der Waals surface area contributed by atoms with Gasteiger partial charge in [-0.2, -0.15) is 0 Å². The molecule has 0 radical (unpaired) electrons. The number of hydrogen-bond donors (Lipinski definition) is 2. The molecule has 1 unspecified atom stereocenters. The molecule has 0 aliphatic carbocycles. The van der Waals surface area contributed by atoms with Crippen LogP contribution < -0.4 is 0 Å². The highest BCUT2D eigenvalue weighted by Crippen LogP contribution is 2.21. The number of hydrogen-bond acceptors (Lipinski definition) is 6. The van der Waals surface area contributed by atoms with Gasteiger partial charge in [0.2, 0.25) is 0 Å². The number of fused-ring (bicyclic) bond motifs is 1. The molecular formula is C24H31N3O3S. The summed E-state index contributed by atoms with van der Waals surface area (Å²) in [6, 6.07) is 12.9. The van der Waals surface area contributed by atoms with E-state index in [1.54, 1.807) is 17.8 Å². The quantitative estimate of drug-likeness (QED) is 0.537. The number of carbonyl (C=O) groups excluding carboxylic acids is 1. The van der Waals surface area contributed by atoms with Gasteiger partial charge in [-0.25, -0.2) is 0 Å². The zero-order chi connectivity index (χ0) is 22.2. The number of amides is 1. The number of nitrogens with zero attached hydrogens (tertiary/aromatic N) is 2. The first-order chi connectivity index (χ1) is 15.0. The maximum atomic E-state index is 12.7. The summed E-state index contributed by atoms with van der Waals surface area (Å²) in [4.78, 5) is 18.2. The molecule has 3 atom stereocenters. The van der Waals surface area contributed by atoms with Crippen LogP contribution in [0.1, 0.15) is 31.6 Å². The first-order valence-corrected chi connectivity index (χ1v) is 11.6. The van der Waals surface area contributed by atoms with Crippen LogP contribution in [0.15, 0.2) is 58.6 Å². The Bertz CT molecular complexity index is 982. The second-order valence-electron chi connectivity index (χ2n) is 7.64. The molecule has 0 aromatic heterocycles. The van der Waals surface area contributed by atoms with Gasteiger partial charge in [-0.1, -0.05) is 43.3 Å². The maximum absolute atomic E-state index is 12.7. The number of thioether (sulfide) groups is 1. The Kier molecular flexibility index (Phi) is 8.40. The molecule has 0 spiro atoms. The van der Waals surface area contributed by atoms with Gasteiger partial charge in [-0.05, 0) is 47.9 Å². The fourth-order valence-corrected chi connectivity index (χ4v) is 3.98. The number of ether oxygens (including phenoxy) is 1. The molecule has 2 aromatic carbocycles. The number of carbonyl (C=O) groups is 1. The summed E-state index contributed by atoms with van der Waals surface area (Å²) in [5, 5.41) is 20.8. The first kappa shape index (κ1) is 23.2. The van der Waals surface area contributed by atoms with Gasteiger partial charge >= 0.3 is 0 Å². The highest BCUT2D eigenvalue weighted by molar-refractivity contribution is 8.02. The molecule has 31 heavy (non-hydrogen) atoms. The van der Waals surface area contributed by atoms with Crippen molar-refractivity contribution in [1.82, 2.24) is 4.90 Å². The number of aliphatic hydroxyl groups is 1. The maximum Gasteiger partial charge on any atom is 0.259 e. The third kappa shape index (κ3) is 6.03. The topological polar surface area (TPSA) is 86.0 Å². The number of aliphatic imine (C=N–C) groups is 1. The minimum atomic E-state index is -0.764. The summed E-state index contributed by atoms with van der Waals surface area (Å²) in [6.07, 6.45) is 8.17. The molecule has 6 nitrogen and oxygen atoms in total. The monoisotopic (exact) mass is 441 g/mol. The van der Waals surface area contributed by atoms with E-state index in [0.29, 0.717) is 24.5 Å². The van der Waals surface area contributed by atoms with Crippen LogP contribution in [-0.2, 0) is 4.74 Å². The summed E-state index contributed by atoms with van der Waals surface area (Å²) in [5.74, 6) is 0.368.